The molecule has 0 saturated carbocycles. The van der Waals surface area contributed by atoms with Gasteiger partial charge < -0.3 is 26.5 Å². The maximum absolute atomic E-state index is 10.1. The van der Waals surface area contributed by atoms with Crippen LogP contribution in [0.3, 0.4) is 0 Å². The van der Waals surface area contributed by atoms with Crippen LogP contribution in [0.1, 0.15) is 32.1 Å². The lowest BCUT2D eigenvalue weighted by molar-refractivity contribution is -0.108. The molecule has 0 radical (unpaired) electrons. The number of rotatable bonds is 9. The molecule has 5 nitrogen and oxygen atoms in total. The zero-order chi connectivity index (χ0) is 11.7. The molecule has 2 unspecified atom stereocenters. The van der Waals surface area contributed by atoms with Crippen molar-refractivity contribution in [2.24, 2.45) is 11.5 Å². The summed E-state index contributed by atoms with van der Waals surface area (Å²) in [5.41, 5.74) is 11.0. The van der Waals surface area contributed by atoms with Gasteiger partial charge in [0, 0.05) is 12.5 Å². The standard InChI is InChI=1S/C10H22N2O3/c11-6-2-1-4-8(12)10(15)9(14)5-3-7-13/h7-10,14-15H,1-6,11-12H2/t8-,9?,10?/m0/s1. The van der Waals surface area contributed by atoms with Gasteiger partial charge in [0.05, 0.1) is 12.2 Å². The lowest BCUT2D eigenvalue weighted by Gasteiger charge is -2.23. The van der Waals surface area contributed by atoms with Crippen LogP contribution >= 0.6 is 0 Å². The molecule has 0 amide bonds. The van der Waals surface area contributed by atoms with Crippen LogP contribution in [-0.2, 0) is 4.79 Å². The quantitative estimate of drug-likeness (QED) is 0.297. The number of aliphatic hydroxyl groups excluding tert-OH is 2. The van der Waals surface area contributed by atoms with Crippen molar-refractivity contribution < 1.29 is 15.0 Å². The molecule has 6 N–H and O–H groups in total. The fraction of sp³-hybridized carbons (Fsp3) is 0.900. The molecular weight excluding hydrogens is 196 g/mol. The van der Waals surface area contributed by atoms with Gasteiger partial charge in [-0.2, -0.15) is 0 Å². The maximum atomic E-state index is 10.1. The first kappa shape index (κ1) is 14.5. The number of carbonyl (C=O) groups is 1. The van der Waals surface area contributed by atoms with Crippen LogP contribution in [0.15, 0.2) is 0 Å². The highest BCUT2D eigenvalue weighted by molar-refractivity contribution is 5.49. The van der Waals surface area contributed by atoms with Gasteiger partial charge in [0.2, 0.25) is 0 Å². The Kier molecular flexibility index (Phi) is 8.50. The van der Waals surface area contributed by atoms with E-state index in [0.717, 1.165) is 19.1 Å². The van der Waals surface area contributed by atoms with Gasteiger partial charge in [-0.25, -0.2) is 0 Å². The molecule has 0 aromatic rings. The normalized spacial score (nSPS) is 17.1. The molecule has 0 rings (SSSR count). The molecule has 0 heterocycles. The topological polar surface area (TPSA) is 110 Å². The molecule has 0 aliphatic carbocycles. The fourth-order valence-electron chi connectivity index (χ4n) is 1.39. The molecule has 0 aromatic heterocycles. The van der Waals surface area contributed by atoms with Gasteiger partial charge in [-0.1, -0.05) is 6.42 Å². The van der Waals surface area contributed by atoms with Crippen molar-refractivity contribution in [3.63, 3.8) is 0 Å². The highest BCUT2D eigenvalue weighted by atomic mass is 16.3. The van der Waals surface area contributed by atoms with E-state index in [0.29, 0.717) is 13.0 Å². The number of unbranched alkanes of at least 4 members (excludes halogenated alkanes) is 1. The Labute approximate surface area is 90.5 Å². The number of aldehydes is 1. The van der Waals surface area contributed by atoms with Crippen molar-refractivity contribution in [3.8, 4) is 0 Å². The van der Waals surface area contributed by atoms with E-state index < -0.39 is 18.2 Å². The first-order valence-corrected chi connectivity index (χ1v) is 5.39. The van der Waals surface area contributed by atoms with Gasteiger partial charge >= 0.3 is 0 Å². The van der Waals surface area contributed by atoms with Crippen LogP contribution in [0, 0.1) is 0 Å². The molecule has 5 heteroatoms. The molecule has 0 aliphatic heterocycles. The first-order chi connectivity index (χ1) is 7.13. The zero-order valence-corrected chi connectivity index (χ0v) is 9.01. The molecule has 0 aromatic carbocycles. The summed E-state index contributed by atoms with van der Waals surface area (Å²) in [6.45, 7) is 0.608. The Morgan fingerprint density at radius 1 is 1.20 bits per heavy atom. The smallest absolute Gasteiger partial charge is 0.120 e. The summed E-state index contributed by atoms with van der Waals surface area (Å²) in [6, 6.07) is -0.446. The second-order valence-electron chi connectivity index (χ2n) is 3.75. The monoisotopic (exact) mass is 218 g/mol. The molecule has 3 atom stereocenters. The van der Waals surface area contributed by atoms with Crippen molar-refractivity contribution in [2.45, 2.75) is 50.4 Å². The van der Waals surface area contributed by atoms with Gasteiger partial charge in [-0.15, -0.1) is 0 Å². The van der Waals surface area contributed by atoms with Gasteiger partial charge in [0.25, 0.3) is 0 Å². The zero-order valence-electron chi connectivity index (χ0n) is 9.01. The van der Waals surface area contributed by atoms with Crippen molar-refractivity contribution in [1.82, 2.24) is 0 Å². The van der Waals surface area contributed by atoms with Gasteiger partial charge in [0.15, 0.2) is 0 Å². The van der Waals surface area contributed by atoms with Crippen LogP contribution in [0.25, 0.3) is 0 Å². The number of hydrogen-bond acceptors (Lipinski definition) is 5. The van der Waals surface area contributed by atoms with E-state index >= 15 is 0 Å². The Bertz CT molecular complexity index is 167. The summed E-state index contributed by atoms with van der Waals surface area (Å²) in [7, 11) is 0. The van der Waals surface area contributed by atoms with Crippen LogP contribution in [-0.4, -0.2) is 41.3 Å². The Balaban J connectivity index is 3.74. The molecule has 0 spiro atoms. The predicted octanol–water partition coefficient (Wildman–Crippen LogP) is -0.856. The number of hydrogen-bond donors (Lipinski definition) is 4. The third-order valence-corrected chi connectivity index (χ3v) is 2.40. The number of aliphatic hydroxyl groups is 2. The molecule has 15 heavy (non-hydrogen) atoms. The minimum Gasteiger partial charge on any atom is -0.390 e. The maximum Gasteiger partial charge on any atom is 0.120 e. The van der Waals surface area contributed by atoms with E-state index in [-0.39, 0.29) is 12.8 Å². The molecule has 90 valence electrons. The van der Waals surface area contributed by atoms with Crippen molar-refractivity contribution in [2.75, 3.05) is 6.54 Å². The van der Waals surface area contributed by atoms with Crippen molar-refractivity contribution >= 4 is 6.29 Å². The second kappa shape index (κ2) is 8.79. The Morgan fingerprint density at radius 3 is 2.40 bits per heavy atom. The van der Waals surface area contributed by atoms with E-state index in [2.05, 4.69) is 0 Å². The second-order valence-corrected chi connectivity index (χ2v) is 3.75. The van der Waals surface area contributed by atoms with Gasteiger partial charge in [0.1, 0.15) is 6.29 Å². The average molecular weight is 218 g/mol. The highest BCUT2D eigenvalue weighted by Crippen LogP contribution is 2.09. The lowest BCUT2D eigenvalue weighted by Crippen LogP contribution is -2.43. The summed E-state index contributed by atoms with van der Waals surface area (Å²) in [6.07, 6.45) is 1.70. The molecule has 0 bridgehead atoms. The van der Waals surface area contributed by atoms with Crippen LogP contribution < -0.4 is 11.5 Å². The van der Waals surface area contributed by atoms with Crippen LogP contribution in [0.4, 0.5) is 0 Å². The van der Waals surface area contributed by atoms with E-state index in [4.69, 9.17) is 11.5 Å². The molecule has 0 fully saturated rings. The van der Waals surface area contributed by atoms with E-state index in [1.54, 1.807) is 0 Å². The Morgan fingerprint density at radius 2 is 1.87 bits per heavy atom. The van der Waals surface area contributed by atoms with Crippen molar-refractivity contribution in [1.29, 1.82) is 0 Å². The first-order valence-electron chi connectivity index (χ1n) is 5.39. The molecule has 0 saturated heterocycles. The van der Waals surface area contributed by atoms with E-state index in [9.17, 15) is 15.0 Å². The number of carbonyl (C=O) groups excluding carboxylic acids is 1. The summed E-state index contributed by atoms with van der Waals surface area (Å²) in [5.74, 6) is 0. The number of nitrogens with two attached hydrogens (primary N) is 2. The summed E-state index contributed by atoms with van der Waals surface area (Å²) >= 11 is 0. The minimum atomic E-state index is -0.956. The fourth-order valence-corrected chi connectivity index (χ4v) is 1.39. The summed E-state index contributed by atoms with van der Waals surface area (Å²) < 4.78 is 0. The third-order valence-electron chi connectivity index (χ3n) is 2.40. The van der Waals surface area contributed by atoms with Crippen molar-refractivity contribution in [3.05, 3.63) is 0 Å². The van der Waals surface area contributed by atoms with Gasteiger partial charge in [-0.3, -0.25) is 0 Å². The third kappa shape index (κ3) is 6.57. The Hall–Kier alpha value is -0.490. The highest BCUT2D eigenvalue weighted by Gasteiger charge is 2.22. The predicted molar refractivity (Wildman–Crippen MR) is 58.2 cm³/mol. The van der Waals surface area contributed by atoms with E-state index in [1.807, 2.05) is 0 Å². The molecule has 0 aliphatic rings. The van der Waals surface area contributed by atoms with Gasteiger partial charge in [-0.05, 0) is 25.8 Å². The largest absolute Gasteiger partial charge is 0.390 e. The SMILES string of the molecule is NCCCC[C@H](N)C(O)C(O)CCC=O. The van der Waals surface area contributed by atoms with E-state index in [1.165, 1.54) is 0 Å². The summed E-state index contributed by atoms with van der Waals surface area (Å²) in [4.78, 5) is 10.1. The lowest BCUT2D eigenvalue weighted by atomic mass is 9.98. The average Bonchev–Trinajstić information content (AvgIpc) is 2.24. The minimum absolute atomic E-state index is 0.244. The molecular formula is C10H22N2O3. The summed E-state index contributed by atoms with van der Waals surface area (Å²) in [5, 5.41) is 19.1. The van der Waals surface area contributed by atoms with Crippen LogP contribution in [0.5, 0.6) is 0 Å². The van der Waals surface area contributed by atoms with Crippen LogP contribution in [0.2, 0.25) is 0 Å².